The number of nitrogens with one attached hydrogen (secondary N) is 1. The third kappa shape index (κ3) is 4.31. The molecule has 0 aromatic heterocycles. The third-order valence-corrected chi connectivity index (χ3v) is 4.11. The summed E-state index contributed by atoms with van der Waals surface area (Å²) in [5.41, 5.74) is 0.998. The van der Waals surface area contributed by atoms with Crippen molar-refractivity contribution in [3.05, 3.63) is 23.8 Å². The number of benzene rings is 1. The van der Waals surface area contributed by atoms with Gasteiger partial charge in [0.2, 0.25) is 5.91 Å². The van der Waals surface area contributed by atoms with Gasteiger partial charge in [-0.25, -0.2) is 0 Å². The molecule has 6 heteroatoms. The SMILES string of the molecule is CC(C)C(NC(=O)CSCC#N)c1ccc2c(c1)OCCO2. The average Bonchev–Trinajstić information content (AvgIpc) is 2.52. The lowest BCUT2D eigenvalue weighted by molar-refractivity contribution is -0.119. The second kappa shape index (κ2) is 7.95. The van der Waals surface area contributed by atoms with Crippen molar-refractivity contribution in [3.63, 3.8) is 0 Å². The highest BCUT2D eigenvalue weighted by molar-refractivity contribution is 8.00. The van der Waals surface area contributed by atoms with E-state index in [1.165, 1.54) is 11.8 Å². The molecule has 118 valence electrons. The van der Waals surface area contributed by atoms with Crippen LogP contribution in [0.2, 0.25) is 0 Å². The second-order valence-electron chi connectivity index (χ2n) is 5.34. The highest BCUT2D eigenvalue weighted by Gasteiger charge is 2.21. The molecule has 0 radical (unpaired) electrons. The summed E-state index contributed by atoms with van der Waals surface area (Å²) in [7, 11) is 0. The fourth-order valence-electron chi connectivity index (χ4n) is 2.29. The van der Waals surface area contributed by atoms with Crippen LogP contribution in [0.15, 0.2) is 18.2 Å². The topological polar surface area (TPSA) is 71.4 Å². The van der Waals surface area contributed by atoms with Gasteiger partial charge in [-0.3, -0.25) is 4.79 Å². The summed E-state index contributed by atoms with van der Waals surface area (Å²) in [6.07, 6.45) is 0. The van der Waals surface area contributed by atoms with Crippen LogP contribution in [0.5, 0.6) is 11.5 Å². The minimum Gasteiger partial charge on any atom is -0.486 e. The summed E-state index contributed by atoms with van der Waals surface area (Å²) in [5, 5.41) is 11.5. The summed E-state index contributed by atoms with van der Waals surface area (Å²) < 4.78 is 11.1. The normalized spacial score (nSPS) is 14.3. The lowest BCUT2D eigenvalue weighted by Crippen LogP contribution is -2.33. The molecule has 1 heterocycles. The van der Waals surface area contributed by atoms with E-state index in [-0.39, 0.29) is 17.9 Å². The van der Waals surface area contributed by atoms with E-state index in [1.54, 1.807) is 0 Å². The first kappa shape index (κ1) is 16.5. The van der Waals surface area contributed by atoms with E-state index in [1.807, 2.05) is 24.3 Å². The van der Waals surface area contributed by atoms with Crippen LogP contribution < -0.4 is 14.8 Å². The summed E-state index contributed by atoms with van der Waals surface area (Å²) in [5.74, 6) is 2.27. The molecule has 1 N–H and O–H groups in total. The molecule has 0 saturated heterocycles. The molecule has 1 amide bonds. The number of hydrogen-bond donors (Lipinski definition) is 1. The molecule has 1 aliphatic heterocycles. The van der Waals surface area contributed by atoms with E-state index in [0.717, 1.165) is 17.1 Å². The summed E-state index contributed by atoms with van der Waals surface area (Å²) in [6, 6.07) is 7.70. The number of nitrogens with zero attached hydrogens (tertiary/aromatic N) is 1. The maximum Gasteiger partial charge on any atom is 0.230 e. The molecular weight excluding hydrogens is 300 g/mol. The van der Waals surface area contributed by atoms with Crippen LogP contribution in [-0.2, 0) is 4.79 Å². The van der Waals surface area contributed by atoms with Crippen LogP contribution in [0.1, 0.15) is 25.5 Å². The fraction of sp³-hybridized carbons (Fsp3) is 0.500. The van der Waals surface area contributed by atoms with Crippen molar-refractivity contribution in [1.82, 2.24) is 5.32 Å². The number of rotatable bonds is 6. The number of thioether (sulfide) groups is 1. The molecule has 0 aliphatic carbocycles. The van der Waals surface area contributed by atoms with Crippen molar-refractivity contribution in [3.8, 4) is 17.6 Å². The van der Waals surface area contributed by atoms with Gasteiger partial charge in [-0.05, 0) is 23.6 Å². The van der Waals surface area contributed by atoms with E-state index < -0.39 is 0 Å². The maximum atomic E-state index is 12.0. The van der Waals surface area contributed by atoms with Gasteiger partial charge >= 0.3 is 0 Å². The first-order valence-electron chi connectivity index (χ1n) is 7.25. The van der Waals surface area contributed by atoms with Gasteiger partial charge in [0.1, 0.15) is 13.2 Å². The molecule has 1 aliphatic rings. The number of carbonyl (C=O) groups is 1. The predicted octanol–water partition coefficient (Wildman–Crippen LogP) is 2.53. The van der Waals surface area contributed by atoms with Gasteiger partial charge in [0.05, 0.1) is 23.6 Å². The largest absolute Gasteiger partial charge is 0.486 e. The second-order valence-corrected chi connectivity index (χ2v) is 6.33. The van der Waals surface area contributed by atoms with Crippen molar-refractivity contribution < 1.29 is 14.3 Å². The molecule has 1 aromatic carbocycles. The van der Waals surface area contributed by atoms with Crippen molar-refractivity contribution in [2.45, 2.75) is 19.9 Å². The molecule has 1 unspecified atom stereocenters. The van der Waals surface area contributed by atoms with E-state index in [2.05, 4.69) is 19.2 Å². The first-order chi connectivity index (χ1) is 10.6. The van der Waals surface area contributed by atoms with Crippen LogP contribution in [0.4, 0.5) is 0 Å². The molecule has 0 fully saturated rings. The Kier molecular flexibility index (Phi) is 5.96. The van der Waals surface area contributed by atoms with Crippen LogP contribution >= 0.6 is 11.8 Å². The zero-order chi connectivity index (χ0) is 15.9. The molecular formula is C16H20N2O3S. The number of fused-ring (bicyclic) bond motifs is 1. The van der Waals surface area contributed by atoms with Crippen LogP contribution in [0, 0.1) is 17.2 Å². The Bertz CT molecular complexity index is 569. The first-order valence-corrected chi connectivity index (χ1v) is 8.41. The van der Waals surface area contributed by atoms with E-state index in [9.17, 15) is 4.79 Å². The van der Waals surface area contributed by atoms with Gasteiger partial charge in [0.25, 0.3) is 0 Å². The van der Waals surface area contributed by atoms with Gasteiger partial charge in [0.15, 0.2) is 11.5 Å². The predicted molar refractivity (Wildman–Crippen MR) is 86.1 cm³/mol. The smallest absolute Gasteiger partial charge is 0.230 e. The summed E-state index contributed by atoms with van der Waals surface area (Å²) in [6.45, 7) is 5.22. The molecule has 2 rings (SSSR count). The molecule has 0 bridgehead atoms. The standard InChI is InChI=1S/C16H20N2O3S/c1-11(2)16(18-15(19)10-22-8-5-17)12-3-4-13-14(9-12)21-7-6-20-13/h3-4,9,11,16H,6-8,10H2,1-2H3,(H,18,19). The zero-order valence-corrected chi connectivity index (χ0v) is 13.6. The zero-order valence-electron chi connectivity index (χ0n) is 12.8. The van der Waals surface area contributed by atoms with Crippen LogP contribution in [0.25, 0.3) is 0 Å². The van der Waals surface area contributed by atoms with E-state index in [0.29, 0.717) is 24.7 Å². The molecule has 22 heavy (non-hydrogen) atoms. The number of nitriles is 1. The van der Waals surface area contributed by atoms with Crippen molar-refractivity contribution in [1.29, 1.82) is 5.26 Å². The fourth-order valence-corrected chi connectivity index (χ4v) is 2.75. The van der Waals surface area contributed by atoms with Gasteiger partial charge in [0, 0.05) is 0 Å². The third-order valence-electron chi connectivity index (χ3n) is 3.31. The summed E-state index contributed by atoms with van der Waals surface area (Å²) in [4.78, 5) is 12.0. The summed E-state index contributed by atoms with van der Waals surface area (Å²) >= 11 is 1.32. The van der Waals surface area contributed by atoms with Crippen molar-refractivity contribution >= 4 is 17.7 Å². The lowest BCUT2D eigenvalue weighted by atomic mass is 9.95. The van der Waals surface area contributed by atoms with Gasteiger partial charge in [-0.15, -0.1) is 11.8 Å². The maximum absolute atomic E-state index is 12.0. The van der Waals surface area contributed by atoms with Crippen LogP contribution in [-0.4, -0.2) is 30.6 Å². The molecule has 5 nitrogen and oxygen atoms in total. The number of amides is 1. The molecule has 0 spiro atoms. The minimum atomic E-state index is -0.0917. The van der Waals surface area contributed by atoms with E-state index in [4.69, 9.17) is 14.7 Å². The highest BCUT2D eigenvalue weighted by Crippen LogP contribution is 2.34. The van der Waals surface area contributed by atoms with Crippen molar-refractivity contribution in [2.24, 2.45) is 5.92 Å². The van der Waals surface area contributed by atoms with Crippen LogP contribution in [0.3, 0.4) is 0 Å². The Morgan fingerprint density at radius 2 is 2.09 bits per heavy atom. The Labute approximate surface area is 135 Å². The highest BCUT2D eigenvalue weighted by atomic mass is 32.2. The number of carbonyl (C=O) groups excluding carboxylic acids is 1. The number of ether oxygens (including phenoxy) is 2. The van der Waals surface area contributed by atoms with Gasteiger partial charge < -0.3 is 14.8 Å². The minimum absolute atomic E-state index is 0.0613. The van der Waals surface area contributed by atoms with Crippen molar-refractivity contribution in [2.75, 3.05) is 24.7 Å². The Morgan fingerprint density at radius 1 is 1.36 bits per heavy atom. The number of hydrogen-bond acceptors (Lipinski definition) is 5. The molecule has 1 atom stereocenters. The van der Waals surface area contributed by atoms with E-state index >= 15 is 0 Å². The monoisotopic (exact) mass is 320 g/mol. The molecule has 0 saturated carbocycles. The Morgan fingerprint density at radius 3 is 2.77 bits per heavy atom. The molecule has 1 aromatic rings. The average molecular weight is 320 g/mol. The Hall–Kier alpha value is -1.87. The van der Waals surface area contributed by atoms with Gasteiger partial charge in [-0.1, -0.05) is 19.9 Å². The lowest BCUT2D eigenvalue weighted by Gasteiger charge is -2.25. The van der Waals surface area contributed by atoms with Gasteiger partial charge in [-0.2, -0.15) is 5.26 Å². The Balaban J connectivity index is 2.07. The quantitative estimate of drug-likeness (QED) is 0.816.